The van der Waals surface area contributed by atoms with Crippen LogP contribution in [0.25, 0.3) is 0 Å². The maximum Gasteiger partial charge on any atom is 0.379 e. The van der Waals surface area contributed by atoms with E-state index in [1.54, 1.807) is 31.2 Å². The topological polar surface area (TPSA) is 112 Å². The molecule has 0 aliphatic rings. The van der Waals surface area contributed by atoms with E-state index in [9.17, 15) is 9.59 Å². The van der Waals surface area contributed by atoms with E-state index in [0.29, 0.717) is 11.3 Å². The monoisotopic (exact) mass is 386 g/mol. The fourth-order valence-corrected chi connectivity index (χ4v) is 2.27. The molecule has 0 bridgehead atoms. The van der Waals surface area contributed by atoms with Crippen molar-refractivity contribution in [3.63, 3.8) is 0 Å². The third kappa shape index (κ3) is 4.01. The molecule has 0 fully saturated rings. The van der Waals surface area contributed by atoms with E-state index in [2.05, 4.69) is 15.3 Å². The highest BCUT2D eigenvalue weighted by Crippen LogP contribution is 2.28. The molecule has 0 aliphatic heterocycles. The number of esters is 1. The second-order valence-corrected chi connectivity index (χ2v) is 5.64. The zero-order valence-corrected chi connectivity index (χ0v) is 15.1. The Morgan fingerprint density at radius 3 is 2.89 bits per heavy atom. The first kappa shape index (κ1) is 18.3. The van der Waals surface area contributed by atoms with Gasteiger partial charge >= 0.3 is 5.97 Å². The van der Waals surface area contributed by atoms with Crippen molar-refractivity contribution in [2.24, 2.45) is 5.10 Å². The summed E-state index contributed by atoms with van der Waals surface area (Å²) in [7, 11) is 1.44. The maximum atomic E-state index is 12.0. The average Bonchev–Trinajstić information content (AvgIpc) is 3.20. The molecule has 10 heteroatoms. The maximum absolute atomic E-state index is 12.0. The number of aromatic amines is 1. The molecule has 0 aliphatic carbocycles. The predicted molar refractivity (Wildman–Crippen MR) is 98.1 cm³/mol. The molecule has 0 radical (unpaired) electrons. The molecule has 0 amide bonds. The van der Waals surface area contributed by atoms with E-state index in [-0.39, 0.29) is 22.0 Å². The predicted octanol–water partition coefficient (Wildman–Crippen LogP) is 2.31. The molecular formula is C17H14N4O5S. The fourth-order valence-electron chi connectivity index (χ4n) is 2.10. The number of nitrogens with one attached hydrogen (secondary N) is 1. The summed E-state index contributed by atoms with van der Waals surface area (Å²) in [5.41, 5.74) is 0.407. The average molecular weight is 386 g/mol. The van der Waals surface area contributed by atoms with Crippen LogP contribution in [0.3, 0.4) is 0 Å². The number of benzene rings is 1. The van der Waals surface area contributed by atoms with E-state index in [4.69, 9.17) is 26.1 Å². The summed E-state index contributed by atoms with van der Waals surface area (Å²) in [5.74, 6) is -0.0540. The van der Waals surface area contributed by atoms with Gasteiger partial charge in [-0.15, -0.1) is 0 Å². The fraction of sp³-hybridized carbons (Fsp3) is 0.118. The minimum Gasteiger partial charge on any atom is -0.493 e. The molecule has 138 valence electrons. The van der Waals surface area contributed by atoms with E-state index >= 15 is 0 Å². The number of nitrogens with zero attached hydrogens (tertiary/aromatic N) is 3. The second-order valence-electron chi connectivity index (χ2n) is 5.25. The zero-order chi connectivity index (χ0) is 19.4. The van der Waals surface area contributed by atoms with E-state index in [1.807, 2.05) is 0 Å². The summed E-state index contributed by atoms with van der Waals surface area (Å²) >= 11 is 5.01. The number of aromatic nitrogens is 3. The van der Waals surface area contributed by atoms with E-state index in [0.717, 1.165) is 4.68 Å². The van der Waals surface area contributed by atoms with Gasteiger partial charge in [-0.3, -0.25) is 9.89 Å². The van der Waals surface area contributed by atoms with Crippen LogP contribution >= 0.6 is 12.2 Å². The lowest BCUT2D eigenvalue weighted by Gasteiger charge is -2.09. The molecule has 0 saturated heterocycles. The zero-order valence-electron chi connectivity index (χ0n) is 14.3. The van der Waals surface area contributed by atoms with Gasteiger partial charge in [-0.2, -0.15) is 14.9 Å². The van der Waals surface area contributed by atoms with Crippen LogP contribution < -0.4 is 15.0 Å². The summed E-state index contributed by atoms with van der Waals surface area (Å²) in [4.78, 5) is 24.0. The number of ether oxygens (including phenoxy) is 2. The van der Waals surface area contributed by atoms with Crippen molar-refractivity contribution in [3.05, 3.63) is 68.7 Å². The van der Waals surface area contributed by atoms with Gasteiger partial charge in [0.15, 0.2) is 11.5 Å². The van der Waals surface area contributed by atoms with Crippen molar-refractivity contribution in [2.45, 2.75) is 6.92 Å². The minimum atomic E-state index is -0.648. The highest BCUT2D eigenvalue weighted by Gasteiger charge is 2.14. The molecule has 27 heavy (non-hydrogen) atoms. The van der Waals surface area contributed by atoms with Gasteiger partial charge in [0.25, 0.3) is 5.56 Å². The smallest absolute Gasteiger partial charge is 0.379 e. The lowest BCUT2D eigenvalue weighted by Crippen LogP contribution is -2.22. The quantitative estimate of drug-likeness (QED) is 0.310. The van der Waals surface area contributed by atoms with Gasteiger partial charge in [0.2, 0.25) is 10.5 Å². The third-order valence-corrected chi connectivity index (χ3v) is 3.71. The highest BCUT2D eigenvalue weighted by atomic mass is 32.1. The SMILES string of the molecule is COc1cc(C=Nn2c(=S)[nH]nc(C)c2=O)ccc1OC(=O)c1ccco1. The molecule has 2 aromatic heterocycles. The van der Waals surface area contributed by atoms with Crippen molar-refractivity contribution in [1.29, 1.82) is 0 Å². The molecule has 9 nitrogen and oxygen atoms in total. The summed E-state index contributed by atoms with van der Waals surface area (Å²) in [6.07, 6.45) is 2.80. The van der Waals surface area contributed by atoms with Crippen LogP contribution in [0.1, 0.15) is 21.8 Å². The summed E-state index contributed by atoms with van der Waals surface area (Å²) in [6, 6.07) is 7.86. The number of carbonyl (C=O) groups excluding carboxylic acids is 1. The number of hydrogen-bond acceptors (Lipinski definition) is 8. The molecule has 0 unspecified atom stereocenters. The highest BCUT2D eigenvalue weighted by molar-refractivity contribution is 7.71. The minimum absolute atomic E-state index is 0.0674. The first-order valence-corrected chi connectivity index (χ1v) is 8.07. The van der Waals surface area contributed by atoms with Gasteiger partial charge in [-0.1, -0.05) is 0 Å². The molecule has 0 saturated carbocycles. The number of rotatable bonds is 5. The number of furan rings is 1. The molecule has 1 aromatic carbocycles. The Morgan fingerprint density at radius 2 is 2.19 bits per heavy atom. The lowest BCUT2D eigenvalue weighted by molar-refractivity contribution is 0.0696. The first-order chi connectivity index (χ1) is 13.0. The Hall–Kier alpha value is -3.53. The summed E-state index contributed by atoms with van der Waals surface area (Å²) in [5, 5.41) is 10.4. The van der Waals surface area contributed by atoms with Crippen molar-refractivity contribution < 1.29 is 18.7 Å². The van der Waals surface area contributed by atoms with Gasteiger partial charge in [0, 0.05) is 0 Å². The standard InChI is InChI=1S/C17H14N4O5S/c1-10-15(22)21(17(27)20-19-10)18-9-11-5-6-12(14(8-11)24-2)26-16(23)13-4-3-7-25-13/h3-9H,1-2H3,(H,20,27). The van der Waals surface area contributed by atoms with Crippen LogP contribution in [0.2, 0.25) is 0 Å². The van der Waals surface area contributed by atoms with Gasteiger partial charge in [-0.25, -0.2) is 4.79 Å². The van der Waals surface area contributed by atoms with Crippen LogP contribution in [0, 0.1) is 11.7 Å². The summed E-state index contributed by atoms with van der Waals surface area (Å²) < 4.78 is 16.6. The van der Waals surface area contributed by atoms with E-state index in [1.165, 1.54) is 25.7 Å². The number of H-pyrrole nitrogens is 1. The van der Waals surface area contributed by atoms with Gasteiger partial charge in [0.05, 0.1) is 19.6 Å². The molecule has 2 heterocycles. The second kappa shape index (κ2) is 7.79. The number of hydrogen-bond donors (Lipinski definition) is 1. The third-order valence-electron chi connectivity index (χ3n) is 3.45. The molecule has 0 atom stereocenters. The van der Waals surface area contributed by atoms with Crippen LogP contribution in [0.4, 0.5) is 0 Å². The molecule has 0 spiro atoms. The van der Waals surface area contributed by atoms with Gasteiger partial charge in [-0.05, 0) is 55.0 Å². The largest absolute Gasteiger partial charge is 0.493 e. The molecular weight excluding hydrogens is 372 g/mol. The number of aryl methyl sites for hydroxylation is 1. The Bertz CT molecular complexity index is 1120. The molecule has 1 N–H and O–H groups in total. The first-order valence-electron chi connectivity index (χ1n) is 7.66. The van der Waals surface area contributed by atoms with Crippen LogP contribution in [0.15, 0.2) is 50.9 Å². The Morgan fingerprint density at radius 1 is 1.37 bits per heavy atom. The molecule has 3 aromatic rings. The normalized spacial score (nSPS) is 10.9. The summed E-state index contributed by atoms with van der Waals surface area (Å²) in [6.45, 7) is 1.55. The van der Waals surface area contributed by atoms with Crippen molar-refractivity contribution >= 4 is 24.4 Å². The van der Waals surface area contributed by atoms with Gasteiger partial charge < -0.3 is 13.9 Å². The number of carbonyl (C=O) groups is 1. The van der Waals surface area contributed by atoms with Crippen LogP contribution in [0.5, 0.6) is 11.5 Å². The lowest BCUT2D eigenvalue weighted by atomic mass is 10.2. The van der Waals surface area contributed by atoms with Crippen molar-refractivity contribution in [3.8, 4) is 11.5 Å². The molecule has 3 rings (SSSR count). The van der Waals surface area contributed by atoms with Gasteiger partial charge in [0.1, 0.15) is 5.69 Å². The van der Waals surface area contributed by atoms with Crippen molar-refractivity contribution in [1.82, 2.24) is 14.9 Å². The van der Waals surface area contributed by atoms with E-state index < -0.39 is 11.5 Å². The Balaban J connectivity index is 1.86. The van der Waals surface area contributed by atoms with Crippen molar-refractivity contribution in [2.75, 3.05) is 7.11 Å². The Kier molecular flexibility index (Phi) is 5.27. The van der Waals surface area contributed by atoms with Crippen LogP contribution in [-0.2, 0) is 0 Å². The number of methoxy groups -OCH3 is 1. The van der Waals surface area contributed by atoms with Crippen LogP contribution in [-0.4, -0.2) is 34.2 Å². The Labute approximate surface area is 157 Å².